The molecule has 0 N–H and O–H groups in total. The zero-order valence-electron chi connectivity index (χ0n) is 11.8. The van der Waals surface area contributed by atoms with Crippen molar-refractivity contribution in [3.8, 4) is 0 Å². The van der Waals surface area contributed by atoms with Gasteiger partial charge in [0.2, 0.25) is 0 Å². The van der Waals surface area contributed by atoms with E-state index in [0.717, 1.165) is 11.1 Å². The third kappa shape index (κ3) is 4.36. The smallest absolute Gasteiger partial charge is 0.178 e. The van der Waals surface area contributed by atoms with Crippen LogP contribution in [0.25, 0.3) is 12.2 Å². The van der Waals surface area contributed by atoms with Crippen LogP contribution in [0.4, 0.5) is 0 Å². The van der Waals surface area contributed by atoms with E-state index in [2.05, 4.69) is 0 Å². The first-order valence-electron chi connectivity index (χ1n) is 6.67. The lowest BCUT2D eigenvalue weighted by Crippen LogP contribution is -1.85. The molecule has 0 aliphatic rings. The number of carbonyl (C=O) groups is 1. The second-order valence-electron chi connectivity index (χ2n) is 4.90. The van der Waals surface area contributed by atoms with Crippen molar-refractivity contribution in [1.29, 1.82) is 0 Å². The Balaban J connectivity index is 2.02. The molecule has 0 bridgehead atoms. The number of hydrogen-bond acceptors (Lipinski definition) is 1. The predicted octanol–water partition coefficient (Wildman–Crippen LogP) is 4.60. The quantitative estimate of drug-likeness (QED) is 0.736. The van der Waals surface area contributed by atoms with E-state index in [4.69, 9.17) is 0 Å². The molecular formula is C19H18O. The molecule has 1 heteroatoms. The molecule has 0 radical (unpaired) electrons. The number of allylic oxidation sites excluding steroid dienone is 2. The first-order chi connectivity index (χ1) is 9.63. The van der Waals surface area contributed by atoms with E-state index < -0.39 is 0 Å². The summed E-state index contributed by atoms with van der Waals surface area (Å²) in [4.78, 5) is 11.8. The minimum Gasteiger partial charge on any atom is -0.290 e. The number of benzene rings is 2. The Kier molecular flexibility index (Phi) is 4.67. The van der Waals surface area contributed by atoms with E-state index in [1.807, 2.05) is 74.5 Å². The van der Waals surface area contributed by atoms with E-state index >= 15 is 0 Å². The van der Waals surface area contributed by atoms with Gasteiger partial charge in [0, 0.05) is 0 Å². The highest BCUT2D eigenvalue weighted by molar-refractivity contribution is 6.04. The molecule has 0 saturated heterocycles. The summed E-state index contributed by atoms with van der Waals surface area (Å²) in [5.41, 5.74) is 4.47. The second kappa shape index (κ2) is 6.67. The molecule has 2 aromatic carbocycles. The van der Waals surface area contributed by atoms with Crippen molar-refractivity contribution in [3.05, 3.63) is 82.9 Å². The van der Waals surface area contributed by atoms with Gasteiger partial charge in [-0.15, -0.1) is 0 Å². The van der Waals surface area contributed by atoms with Gasteiger partial charge in [-0.3, -0.25) is 4.79 Å². The summed E-state index contributed by atoms with van der Waals surface area (Å²) in [7, 11) is 0. The topological polar surface area (TPSA) is 17.1 Å². The van der Waals surface area contributed by atoms with Crippen molar-refractivity contribution >= 4 is 17.9 Å². The molecule has 0 aliphatic carbocycles. The van der Waals surface area contributed by atoms with E-state index in [9.17, 15) is 4.79 Å². The van der Waals surface area contributed by atoms with Crippen molar-refractivity contribution in [3.63, 3.8) is 0 Å². The Hall–Kier alpha value is -2.41. The minimum absolute atomic E-state index is 0.00647. The molecule has 2 rings (SSSR count). The van der Waals surface area contributed by atoms with Crippen molar-refractivity contribution in [2.24, 2.45) is 0 Å². The molecule has 0 aliphatic heterocycles. The van der Waals surface area contributed by atoms with Gasteiger partial charge in [0.25, 0.3) is 0 Å². The molecule has 0 aromatic heterocycles. The average molecular weight is 262 g/mol. The average Bonchev–Trinajstić information content (AvgIpc) is 2.43. The lowest BCUT2D eigenvalue weighted by Gasteiger charge is -1.95. The van der Waals surface area contributed by atoms with Gasteiger partial charge in [-0.25, -0.2) is 0 Å². The van der Waals surface area contributed by atoms with Gasteiger partial charge in [0.05, 0.1) is 0 Å². The van der Waals surface area contributed by atoms with Crippen LogP contribution in [0.5, 0.6) is 0 Å². The molecule has 0 spiro atoms. The Bertz CT molecular complexity index is 605. The minimum atomic E-state index is -0.00647. The molecule has 0 atom stereocenters. The molecule has 100 valence electrons. The second-order valence-corrected chi connectivity index (χ2v) is 4.90. The van der Waals surface area contributed by atoms with Crippen LogP contribution in [-0.2, 0) is 4.79 Å². The van der Waals surface area contributed by atoms with Crippen LogP contribution in [0.3, 0.4) is 0 Å². The van der Waals surface area contributed by atoms with Gasteiger partial charge < -0.3 is 0 Å². The van der Waals surface area contributed by atoms with E-state index in [1.54, 1.807) is 12.2 Å². The molecule has 1 nitrogen and oxygen atoms in total. The molecule has 2 aromatic rings. The van der Waals surface area contributed by atoms with Crippen LogP contribution in [0.2, 0.25) is 0 Å². The summed E-state index contributed by atoms with van der Waals surface area (Å²) in [5, 5.41) is 0. The van der Waals surface area contributed by atoms with Gasteiger partial charge in [0.15, 0.2) is 5.78 Å². The highest BCUT2D eigenvalue weighted by Gasteiger charge is 1.92. The molecular weight excluding hydrogens is 244 g/mol. The SMILES string of the molecule is Cc1cccc(C=CC(=O)C=Cc2cccc(C)c2)c1. The maximum absolute atomic E-state index is 11.8. The summed E-state index contributed by atoms with van der Waals surface area (Å²) in [6.07, 6.45) is 6.88. The fraction of sp³-hybridized carbons (Fsp3) is 0.105. The van der Waals surface area contributed by atoms with E-state index in [-0.39, 0.29) is 5.78 Å². The Morgan fingerprint density at radius 2 is 1.25 bits per heavy atom. The van der Waals surface area contributed by atoms with Crippen LogP contribution in [0.1, 0.15) is 22.3 Å². The van der Waals surface area contributed by atoms with Gasteiger partial charge in [0.1, 0.15) is 0 Å². The van der Waals surface area contributed by atoms with Gasteiger partial charge in [-0.1, -0.05) is 71.8 Å². The summed E-state index contributed by atoms with van der Waals surface area (Å²) < 4.78 is 0. The lowest BCUT2D eigenvalue weighted by atomic mass is 10.1. The van der Waals surface area contributed by atoms with Crippen LogP contribution < -0.4 is 0 Å². The standard InChI is InChI=1S/C19H18O/c1-15-5-3-7-17(13-15)9-11-19(20)12-10-18-8-4-6-16(2)14-18/h3-14H,1-2H3. The normalized spacial score (nSPS) is 11.3. The van der Waals surface area contributed by atoms with Crippen LogP contribution in [0, 0.1) is 13.8 Å². The lowest BCUT2D eigenvalue weighted by molar-refractivity contribution is -0.110. The summed E-state index contributed by atoms with van der Waals surface area (Å²) in [5.74, 6) is -0.00647. The fourth-order valence-electron chi connectivity index (χ4n) is 1.96. The van der Waals surface area contributed by atoms with Gasteiger partial charge in [-0.05, 0) is 37.1 Å². The Morgan fingerprint density at radius 1 is 0.800 bits per heavy atom. The first kappa shape index (κ1) is 14.0. The fourth-order valence-corrected chi connectivity index (χ4v) is 1.96. The van der Waals surface area contributed by atoms with Crippen LogP contribution >= 0.6 is 0 Å². The Morgan fingerprint density at radius 3 is 1.65 bits per heavy atom. The van der Waals surface area contributed by atoms with Gasteiger partial charge in [-0.2, -0.15) is 0 Å². The van der Waals surface area contributed by atoms with E-state index in [1.165, 1.54) is 11.1 Å². The summed E-state index contributed by atoms with van der Waals surface area (Å²) in [6, 6.07) is 16.1. The third-order valence-electron chi connectivity index (χ3n) is 2.96. The van der Waals surface area contributed by atoms with E-state index in [0.29, 0.717) is 0 Å². The molecule has 0 heterocycles. The molecule has 0 fully saturated rings. The highest BCUT2D eigenvalue weighted by atomic mass is 16.1. The monoisotopic (exact) mass is 262 g/mol. The third-order valence-corrected chi connectivity index (χ3v) is 2.96. The number of aryl methyl sites for hydroxylation is 2. The van der Waals surface area contributed by atoms with Crippen LogP contribution in [-0.4, -0.2) is 5.78 Å². The number of carbonyl (C=O) groups excluding carboxylic acids is 1. The van der Waals surface area contributed by atoms with Crippen molar-refractivity contribution in [1.82, 2.24) is 0 Å². The first-order valence-corrected chi connectivity index (χ1v) is 6.67. The maximum atomic E-state index is 11.8. The summed E-state index contributed by atoms with van der Waals surface area (Å²) in [6.45, 7) is 4.08. The Labute approximate surface area is 120 Å². The zero-order valence-corrected chi connectivity index (χ0v) is 11.8. The van der Waals surface area contributed by atoms with Crippen molar-refractivity contribution in [2.75, 3.05) is 0 Å². The highest BCUT2D eigenvalue weighted by Crippen LogP contribution is 2.07. The van der Waals surface area contributed by atoms with Crippen LogP contribution in [0.15, 0.2) is 60.7 Å². The molecule has 0 unspecified atom stereocenters. The van der Waals surface area contributed by atoms with Crippen molar-refractivity contribution < 1.29 is 4.79 Å². The number of hydrogen-bond donors (Lipinski definition) is 0. The number of rotatable bonds is 4. The maximum Gasteiger partial charge on any atom is 0.178 e. The van der Waals surface area contributed by atoms with Crippen molar-refractivity contribution in [2.45, 2.75) is 13.8 Å². The van der Waals surface area contributed by atoms with Gasteiger partial charge >= 0.3 is 0 Å². The zero-order chi connectivity index (χ0) is 14.4. The molecule has 0 saturated carbocycles. The summed E-state index contributed by atoms with van der Waals surface area (Å²) >= 11 is 0. The molecule has 0 amide bonds. The molecule has 20 heavy (non-hydrogen) atoms. The largest absolute Gasteiger partial charge is 0.290 e. The predicted molar refractivity (Wildman–Crippen MR) is 85.4 cm³/mol. The number of ketones is 1.